The number of benzene rings is 3. The molecule has 0 radical (unpaired) electrons. The summed E-state index contributed by atoms with van der Waals surface area (Å²) < 4.78 is 43.6. The lowest BCUT2D eigenvalue weighted by atomic mass is 9.96. The number of halogens is 2. The number of carbonyl (C=O) groups excluding carboxylic acids is 1. The fraction of sp³-hybridized carbons (Fsp3) is 0.214. The molecule has 3 heterocycles. The Bertz CT molecular complexity index is 1550. The lowest BCUT2D eigenvalue weighted by Crippen LogP contribution is -2.16. The Balaban J connectivity index is 1.46. The SMILES string of the molecule is O=C(OCc1ccccc1)n1ncc2cc3c(cc(C4CCOCC4)n3-c3ccc(F)cc3)c(F)c21. The molecule has 0 N–H and O–H groups in total. The van der Waals surface area contributed by atoms with Crippen molar-refractivity contribution in [1.82, 2.24) is 14.3 Å². The largest absolute Gasteiger partial charge is 0.443 e. The molecule has 0 spiro atoms. The van der Waals surface area contributed by atoms with Gasteiger partial charge in [-0.15, -0.1) is 0 Å². The van der Waals surface area contributed by atoms with Crippen molar-refractivity contribution >= 4 is 27.9 Å². The molecule has 0 amide bonds. The van der Waals surface area contributed by atoms with Crippen LogP contribution >= 0.6 is 0 Å². The minimum Gasteiger partial charge on any atom is -0.443 e. The van der Waals surface area contributed by atoms with Gasteiger partial charge in [0.05, 0.1) is 11.7 Å². The third-order valence-corrected chi connectivity index (χ3v) is 6.70. The summed E-state index contributed by atoms with van der Waals surface area (Å²) in [5.41, 5.74) is 3.18. The molecule has 3 aromatic carbocycles. The van der Waals surface area contributed by atoms with Gasteiger partial charge in [0.15, 0.2) is 5.82 Å². The molecule has 1 aliphatic heterocycles. The van der Waals surface area contributed by atoms with Gasteiger partial charge in [-0.25, -0.2) is 13.6 Å². The first-order valence-electron chi connectivity index (χ1n) is 11.9. The maximum atomic E-state index is 16.1. The molecular weight excluding hydrogens is 464 g/mol. The Hall–Kier alpha value is -4.04. The number of carbonyl (C=O) groups is 1. The van der Waals surface area contributed by atoms with E-state index in [9.17, 15) is 9.18 Å². The molecule has 0 bridgehead atoms. The standard InChI is InChI=1S/C28H23F2N3O3/c29-21-6-8-22(9-7-21)32-24(19-10-12-35-13-11-19)15-23-25(32)14-20-16-31-33(27(20)26(23)30)28(34)36-17-18-4-2-1-3-5-18/h1-9,14-16,19H,10-13,17H2. The summed E-state index contributed by atoms with van der Waals surface area (Å²) in [7, 11) is 0. The van der Waals surface area contributed by atoms with Crippen LogP contribution in [0.1, 0.15) is 30.0 Å². The smallest absolute Gasteiger partial charge is 0.435 e. The Morgan fingerprint density at radius 1 is 1.03 bits per heavy atom. The van der Waals surface area contributed by atoms with E-state index in [1.54, 1.807) is 12.1 Å². The van der Waals surface area contributed by atoms with Gasteiger partial charge in [0, 0.05) is 41.3 Å². The maximum Gasteiger partial charge on any atom is 0.435 e. The van der Waals surface area contributed by atoms with Gasteiger partial charge < -0.3 is 14.0 Å². The summed E-state index contributed by atoms with van der Waals surface area (Å²) in [5.74, 6) is -0.733. The zero-order valence-electron chi connectivity index (χ0n) is 19.4. The Morgan fingerprint density at radius 3 is 2.53 bits per heavy atom. The highest BCUT2D eigenvalue weighted by Crippen LogP contribution is 2.37. The van der Waals surface area contributed by atoms with Crippen LogP contribution < -0.4 is 0 Å². The topological polar surface area (TPSA) is 58.3 Å². The van der Waals surface area contributed by atoms with E-state index >= 15 is 4.39 Å². The zero-order chi connectivity index (χ0) is 24.6. The zero-order valence-corrected chi connectivity index (χ0v) is 19.4. The first kappa shape index (κ1) is 22.4. The lowest BCUT2D eigenvalue weighted by Gasteiger charge is -2.24. The van der Waals surface area contributed by atoms with Crippen LogP contribution in [0.4, 0.5) is 13.6 Å². The minimum atomic E-state index is -0.755. The lowest BCUT2D eigenvalue weighted by molar-refractivity contribution is 0.0842. The number of nitrogens with zero attached hydrogens (tertiary/aromatic N) is 3. The minimum absolute atomic E-state index is 0.0553. The Morgan fingerprint density at radius 2 is 1.78 bits per heavy atom. The van der Waals surface area contributed by atoms with Crippen LogP contribution in [0.15, 0.2) is 72.9 Å². The van der Waals surface area contributed by atoms with Crippen LogP contribution in [-0.4, -0.2) is 33.7 Å². The molecule has 2 aromatic heterocycles. The fourth-order valence-electron chi connectivity index (χ4n) is 4.92. The number of hydrogen-bond donors (Lipinski definition) is 0. The van der Waals surface area contributed by atoms with Crippen molar-refractivity contribution in [1.29, 1.82) is 0 Å². The Kier molecular flexibility index (Phi) is 5.73. The molecule has 1 saturated heterocycles. The van der Waals surface area contributed by atoms with Crippen LogP contribution in [0.5, 0.6) is 0 Å². The number of rotatable bonds is 4. The monoisotopic (exact) mass is 487 g/mol. The summed E-state index contributed by atoms with van der Waals surface area (Å²) in [6.07, 6.45) is 2.31. The maximum absolute atomic E-state index is 16.1. The van der Waals surface area contributed by atoms with Gasteiger partial charge in [-0.05, 0) is 54.8 Å². The predicted octanol–water partition coefficient (Wildman–Crippen LogP) is 6.34. The summed E-state index contributed by atoms with van der Waals surface area (Å²) in [4.78, 5) is 12.8. The van der Waals surface area contributed by atoms with E-state index in [0.717, 1.165) is 34.5 Å². The van der Waals surface area contributed by atoms with Crippen LogP contribution in [0.25, 0.3) is 27.5 Å². The number of ether oxygens (including phenoxy) is 2. The van der Waals surface area contributed by atoms with Crippen LogP contribution in [-0.2, 0) is 16.1 Å². The number of hydrogen-bond acceptors (Lipinski definition) is 4. The molecule has 1 fully saturated rings. The summed E-state index contributed by atoms with van der Waals surface area (Å²) in [6.45, 7) is 1.31. The molecule has 0 unspecified atom stereocenters. The van der Waals surface area contributed by atoms with Crippen LogP contribution in [0.3, 0.4) is 0 Å². The highest BCUT2D eigenvalue weighted by atomic mass is 19.1. The second-order valence-corrected chi connectivity index (χ2v) is 8.93. The molecule has 8 heteroatoms. The summed E-state index contributed by atoms with van der Waals surface area (Å²) in [6, 6.07) is 19.1. The first-order chi connectivity index (χ1) is 17.6. The Labute approximate surface area is 205 Å². The van der Waals surface area contributed by atoms with Crippen LogP contribution in [0, 0.1) is 11.6 Å². The van der Waals surface area contributed by atoms with Crippen molar-refractivity contribution in [2.75, 3.05) is 13.2 Å². The molecule has 6 rings (SSSR count). The molecule has 0 atom stereocenters. The fourth-order valence-corrected chi connectivity index (χ4v) is 4.92. The van der Waals surface area contributed by atoms with Crippen molar-refractivity contribution in [3.8, 4) is 5.69 Å². The van der Waals surface area contributed by atoms with Gasteiger partial charge in [0.2, 0.25) is 0 Å². The van der Waals surface area contributed by atoms with E-state index < -0.39 is 11.9 Å². The molecule has 6 nitrogen and oxygen atoms in total. The molecule has 1 aliphatic rings. The van der Waals surface area contributed by atoms with Crippen molar-refractivity contribution < 1.29 is 23.0 Å². The molecule has 182 valence electrons. The second kappa shape index (κ2) is 9.20. The van der Waals surface area contributed by atoms with E-state index in [-0.39, 0.29) is 23.9 Å². The number of aromatic nitrogens is 3. The van der Waals surface area contributed by atoms with E-state index in [0.29, 0.717) is 29.5 Å². The highest BCUT2D eigenvalue weighted by Gasteiger charge is 2.26. The molecular formula is C28H23F2N3O3. The van der Waals surface area contributed by atoms with Gasteiger partial charge in [-0.3, -0.25) is 0 Å². The van der Waals surface area contributed by atoms with E-state index in [1.807, 2.05) is 47.0 Å². The molecule has 0 saturated carbocycles. The average Bonchev–Trinajstić information content (AvgIpc) is 3.52. The van der Waals surface area contributed by atoms with E-state index in [2.05, 4.69) is 5.10 Å². The normalized spacial score (nSPS) is 14.5. The van der Waals surface area contributed by atoms with E-state index in [4.69, 9.17) is 9.47 Å². The highest BCUT2D eigenvalue weighted by molar-refractivity contribution is 6.00. The van der Waals surface area contributed by atoms with Gasteiger partial charge in [-0.1, -0.05) is 30.3 Å². The quantitative estimate of drug-likeness (QED) is 0.297. The van der Waals surface area contributed by atoms with Crippen molar-refractivity contribution in [3.05, 3.63) is 95.8 Å². The van der Waals surface area contributed by atoms with Crippen LogP contribution in [0.2, 0.25) is 0 Å². The van der Waals surface area contributed by atoms with Gasteiger partial charge in [0.1, 0.15) is 17.9 Å². The van der Waals surface area contributed by atoms with Gasteiger partial charge >= 0.3 is 6.09 Å². The average molecular weight is 488 g/mol. The predicted molar refractivity (Wildman–Crippen MR) is 131 cm³/mol. The number of fused-ring (bicyclic) bond motifs is 2. The summed E-state index contributed by atoms with van der Waals surface area (Å²) in [5, 5.41) is 4.96. The van der Waals surface area contributed by atoms with Crippen molar-refractivity contribution in [2.24, 2.45) is 0 Å². The molecule has 5 aromatic rings. The second-order valence-electron chi connectivity index (χ2n) is 8.93. The molecule has 36 heavy (non-hydrogen) atoms. The van der Waals surface area contributed by atoms with Gasteiger partial charge in [0.25, 0.3) is 0 Å². The van der Waals surface area contributed by atoms with Crippen molar-refractivity contribution in [2.45, 2.75) is 25.4 Å². The third-order valence-electron chi connectivity index (χ3n) is 6.70. The third kappa shape index (κ3) is 3.93. The summed E-state index contributed by atoms with van der Waals surface area (Å²) >= 11 is 0. The van der Waals surface area contributed by atoms with E-state index in [1.165, 1.54) is 18.3 Å². The van der Waals surface area contributed by atoms with Crippen molar-refractivity contribution in [3.63, 3.8) is 0 Å². The van der Waals surface area contributed by atoms with Gasteiger partial charge in [-0.2, -0.15) is 9.78 Å². The first-order valence-corrected chi connectivity index (χ1v) is 11.9. The molecule has 0 aliphatic carbocycles.